The van der Waals surface area contributed by atoms with Gasteiger partial charge in [0.2, 0.25) is 0 Å². The number of carbonyl (C=O) groups is 1. The van der Waals surface area contributed by atoms with Crippen LogP contribution >= 0.6 is 15.9 Å². The third-order valence-corrected chi connectivity index (χ3v) is 4.33. The molecule has 1 aliphatic rings. The Hall–Kier alpha value is -1.85. The number of nitrogens with one attached hydrogen (secondary N) is 1. The molecule has 2 aromatic carbocycles. The third kappa shape index (κ3) is 2.51. The summed E-state index contributed by atoms with van der Waals surface area (Å²) in [4.78, 5) is 12.1. The minimum absolute atomic E-state index is 0.0953. The Balaban J connectivity index is 2.16. The average Bonchev–Trinajstić information content (AvgIpc) is 2.92. The molecule has 1 heterocycles. The van der Waals surface area contributed by atoms with Crippen molar-refractivity contribution < 1.29 is 14.6 Å². The predicted octanol–water partition coefficient (Wildman–Crippen LogP) is 2.69. The first-order chi connectivity index (χ1) is 10.7. The fraction of sp³-hybridized carbons (Fsp3) is 0.235. The number of hydrogen-bond acceptors (Lipinski definition) is 3. The van der Waals surface area contributed by atoms with Crippen molar-refractivity contribution in [2.45, 2.75) is 12.0 Å². The van der Waals surface area contributed by atoms with Crippen LogP contribution in [-0.4, -0.2) is 30.8 Å². The van der Waals surface area contributed by atoms with Gasteiger partial charge in [0.05, 0.1) is 18.1 Å². The Morgan fingerprint density at radius 2 is 2.05 bits per heavy atom. The van der Waals surface area contributed by atoms with Crippen LogP contribution in [0.3, 0.4) is 0 Å². The molecule has 114 valence electrons. The van der Waals surface area contributed by atoms with Crippen molar-refractivity contribution >= 4 is 21.8 Å². The van der Waals surface area contributed by atoms with Gasteiger partial charge in [0, 0.05) is 17.1 Å². The summed E-state index contributed by atoms with van der Waals surface area (Å²) in [6.45, 7) is -0.112. The number of ether oxygens (including phenoxy) is 1. The molecule has 2 atom stereocenters. The zero-order valence-corrected chi connectivity index (χ0v) is 13.6. The number of aliphatic hydroxyl groups excluding tert-OH is 1. The summed E-state index contributed by atoms with van der Waals surface area (Å²) < 4.78 is 6.71. The molecule has 0 bridgehead atoms. The van der Waals surface area contributed by atoms with Gasteiger partial charge in [-0.1, -0.05) is 46.3 Å². The van der Waals surface area contributed by atoms with Gasteiger partial charge in [-0.2, -0.15) is 0 Å². The minimum atomic E-state index is -0.393. The molecule has 3 rings (SSSR count). The van der Waals surface area contributed by atoms with E-state index in [1.807, 2.05) is 36.4 Å². The first-order valence-corrected chi connectivity index (χ1v) is 7.83. The SMILES string of the molecule is CNC(=O)c1cc(Br)cc2c1O[C@@H](CO)[C@@H]2c1ccccc1. The van der Waals surface area contributed by atoms with Gasteiger partial charge in [0.1, 0.15) is 11.9 Å². The van der Waals surface area contributed by atoms with Crippen LogP contribution < -0.4 is 10.1 Å². The van der Waals surface area contributed by atoms with E-state index < -0.39 is 6.10 Å². The Kier molecular flexibility index (Phi) is 4.18. The molecule has 1 amide bonds. The highest BCUT2D eigenvalue weighted by atomic mass is 79.9. The van der Waals surface area contributed by atoms with E-state index in [4.69, 9.17) is 4.74 Å². The highest BCUT2D eigenvalue weighted by Crippen LogP contribution is 2.45. The lowest BCUT2D eigenvalue weighted by atomic mass is 9.88. The number of hydrogen-bond donors (Lipinski definition) is 2. The van der Waals surface area contributed by atoms with Gasteiger partial charge in [-0.3, -0.25) is 4.79 Å². The van der Waals surface area contributed by atoms with Crippen LogP contribution in [0.2, 0.25) is 0 Å². The lowest BCUT2D eigenvalue weighted by Gasteiger charge is -2.17. The third-order valence-electron chi connectivity index (χ3n) is 3.87. The number of halogens is 1. The van der Waals surface area contributed by atoms with Gasteiger partial charge < -0.3 is 15.2 Å². The topological polar surface area (TPSA) is 58.6 Å². The van der Waals surface area contributed by atoms with Gasteiger partial charge in [-0.05, 0) is 17.7 Å². The van der Waals surface area contributed by atoms with Gasteiger partial charge in [0.25, 0.3) is 5.91 Å². The standard InChI is InChI=1S/C17H16BrNO3/c1-19-17(21)13-8-11(18)7-12-15(10-5-3-2-4-6-10)14(9-20)22-16(12)13/h2-8,14-15,20H,9H2,1H3,(H,19,21)/t14-,15+/m0/s1. The molecule has 0 saturated heterocycles. The van der Waals surface area contributed by atoms with E-state index in [1.165, 1.54) is 0 Å². The van der Waals surface area contributed by atoms with Crippen LogP contribution in [0.25, 0.3) is 0 Å². The average molecular weight is 362 g/mol. The number of rotatable bonds is 3. The molecule has 0 unspecified atom stereocenters. The quantitative estimate of drug-likeness (QED) is 0.883. The number of fused-ring (bicyclic) bond motifs is 1. The zero-order valence-electron chi connectivity index (χ0n) is 12.0. The van der Waals surface area contributed by atoms with E-state index in [2.05, 4.69) is 21.2 Å². The fourth-order valence-corrected chi connectivity index (χ4v) is 3.37. The summed E-state index contributed by atoms with van der Waals surface area (Å²) in [5.74, 6) is 0.250. The Labute approximate surface area is 137 Å². The second kappa shape index (κ2) is 6.10. The normalized spacial score (nSPS) is 19.4. The highest BCUT2D eigenvalue weighted by Gasteiger charge is 2.37. The van der Waals surface area contributed by atoms with E-state index in [1.54, 1.807) is 13.1 Å². The lowest BCUT2D eigenvalue weighted by molar-refractivity contribution is 0.0947. The van der Waals surface area contributed by atoms with Gasteiger partial charge >= 0.3 is 0 Å². The van der Waals surface area contributed by atoms with Crippen molar-refractivity contribution in [2.75, 3.05) is 13.7 Å². The van der Waals surface area contributed by atoms with Crippen molar-refractivity contribution in [2.24, 2.45) is 0 Å². The maximum absolute atomic E-state index is 12.1. The van der Waals surface area contributed by atoms with Crippen molar-refractivity contribution in [1.29, 1.82) is 0 Å². The van der Waals surface area contributed by atoms with Crippen LogP contribution in [0.1, 0.15) is 27.4 Å². The fourth-order valence-electron chi connectivity index (χ4n) is 2.90. The van der Waals surface area contributed by atoms with Crippen LogP contribution in [0.4, 0.5) is 0 Å². The molecule has 2 N–H and O–H groups in total. The van der Waals surface area contributed by atoms with Gasteiger partial charge in [-0.25, -0.2) is 0 Å². The molecule has 2 aromatic rings. The number of amides is 1. The molecule has 5 heteroatoms. The molecule has 0 spiro atoms. The van der Waals surface area contributed by atoms with E-state index >= 15 is 0 Å². The molecule has 4 nitrogen and oxygen atoms in total. The molecule has 0 radical (unpaired) electrons. The first kappa shape index (κ1) is 15.1. The van der Waals surface area contributed by atoms with Gasteiger partial charge in [0.15, 0.2) is 0 Å². The Bertz CT molecular complexity index is 703. The molecule has 22 heavy (non-hydrogen) atoms. The molecule has 1 aliphatic heterocycles. The number of carbonyl (C=O) groups excluding carboxylic acids is 1. The van der Waals surface area contributed by atoms with E-state index in [0.717, 1.165) is 15.6 Å². The largest absolute Gasteiger partial charge is 0.486 e. The summed E-state index contributed by atoms with van der Waals surface area (Å²) in [5.41, 5.74) is 2.45. The van der Waals surface area contributed by atoms with Crippen molar-refractivity contribution in [3.63, 3.8) is 0 Å². The van der Waals surface area contributed by atoms with Crippen molar-refractivity contribution in [1.82, 2.24) is 5.32 Å². The van der Waals surface area contributed by atoms with Crippen molar-refractivity contribution in [3.05, 3.63) is 63.6 Å². The maximum Gasteiger partial charge on any atom is 0.254 e. The molecular weight excluding hydrogens is 346 g/mol. The summed E-state index contributed by atoms with van der Waals surface area (Å²) in [7, 11) is 1.59. The van der Waals surface area contributed by atoms with Crippen LogP contribution in [0.15, 0.2) is 46.9 Å². The van der Waals surface area contributed by atoms with E-state index in [0.29, 0.717) is 11.3 Å². The molecule has 0 fully saturated rings. The summed E-state index contributed by atoms with van der Waals surface area (Å²) in [6.07, 6.45) is -0.393. The maximum atomic E-state index is 12.1. The predicted molar refractivity (Wildman–Crippen MR) is 87.3 cm³/mol. The summed E-state index contributed by atoms with van der Waals surface area (Å²) in [5, 5.41) is 12.3. The summed E-state index contributed by atoms with van der Waals surface area (Å²) >= 11 is 3.46. The molecular formula is C17H16BrNO3. The number of aliphatic hydroxyl groups is 1. The monoisotopic (exact) mass is 361 g/mol. The van der Waals surface area contributed by atoms with E-state index in [9.17, 15) is 9.90 Å². The molecule has 0 aliphatic carbocycles. The Morgan fingerprint density at radius 1 is 1.32 bits per heavy atom. The second-order valence-corrected chi connectivity index (χ2v) is 6.09. The zero-order chi connectivity index (χ0) is 15.7. The lowest BCUT2D eigenvalue weighted by Crippen LogP contribution is -2.24. The highest BCUT2D eigenvalue weighted by molar-refractivity contribution is 9.10. The van der Waals surface area contributed by atoms with Gasteiger partial charge in [-0.15, -0.1) is 0 Å². The van der Waals surface area contributed by atoms with Crippen LogP contribution in [0, 0.1) is 0 Å². The van der Waals surface area contributed by atoms with Crippen LogP contribution in [-0.2, 0) is 0 Å². The van der Waals surface area contributed by atoms with E-state index in [-0.39, 0.29) is 18.4 Å². The minimum Gasteiger partial charge on any atom is -0.486 e. The number of benzene rings is 2. The first-order valence-electron chi connectivity index (χ1n) is 7.03. The molecule has 0 aromatic heterocycles. The second-order valence-electron chi connectivity index (χ2n) is 5.18. The smallest absolute Gasteiger partial charge is 0.254 e. The Morgan fingerprint density at radius 3 is 2.68 bits per heavy atom. The summed E-state index contributed by atoms with van der Waals surface area (Å²) in [6, 6.07) is 13.6. The van der Waals surface area contributed by atoms with Crippen LogP contribution in [0.5, 0.6) is 5.75 Å². The molecule has 0 saturated carbocycles. The van der Waals surface area contributed by atoms with Crippen molar-refractivity contribution in [3.8, 4) is 5.75 Å².